The van der Waals surface area contributed by atoms with Gasteiger partial charge in [-0.2, -0.15) is 0 Å². The van der Waals surface area contributed by atoms with Crippen molar-refractivity contribution in [3.05, 3.63) is 59.2 Å². The fourth-order valence-corrected chi connectivity index (χ4v) is 3.80. The third-order valence-corrected chi connectivity index (χ3v) is 4.86. The van der Waals surface area contributed by atoms with Gasteiger partial charge in [0.25, 0.3) is 5.91 Å². The summed E-state index contributed by atoms with van der Waals surface area (Å²) in [6, 6.07) is 13.3. The fourth-order valence-electron chi connectivity index (χ4n) is 2.81. The zero-order valence-corrected chi connectivity index (χ0v) is 14.6. The number of anilines is 1. The Hall–Kier alpha value is -2.27. The van der Waals surface area contributed by atoms with Gasteiger partial charge in [0, 0.05) is 17.2 Å². The molecule has 1 aliphatic heterocycles. The van der Waals surface area contributed by atoms with E-state index in [4.69, 9.17) is 4.74 Å². The molecule has 0 radical (unpaired) electrons. The van der Waals surface area contributed by atoms with Crippen LogP contribution in [-0.4, -0.2) is 30.8 Å². The fraction of sp³-hybridized carbons (Fsp3) is 0.263. The van der Waals surface area contributed by atoms with Gasteiger partial charge in [0.15, 0.2) is 6.61 Å². The monoisotopic (exact) mass is 341 g/mol. The number of thioether (sulfide) groups is 1. The summed E-state index contributed by atoms with van der Waals surface area (Å²) in [5.41, 5.74) is 3.36. The number of hydrogen-bond acceptors (Lipinski definition) is 4. The smallest absolute Gasteiger partial charge is 0.338 e. The molecule has 0 bridgehead atoms. The lowest BCUT2D eigenvalue weighted by Gasteiger charge is -2.28. The van der Waals surface area contributed by atoms with E-state index in [1.54, 1.807) is 28.8 Å². The van der Waals surface area contributed by atoms with Gasteiger partial charge in [-0.05, 0) is 38.1 Å². The second kappa shape index (κ2) is 7.09. The number of esters is 1. The maximum absolute atomic E-state index is 12.5. The summed E-state index contributed by atoms with van der Waals surface area (Å²) in [5, 5.41) is 0. The molecule has 0 saturated carbocycles. The quantitative estimate of drug-likeness (QED) is 0.800. The number of aryl methyl sites for hydroxylation is 2. The van der Waals surface area contributed by atoms with E-state index in [1.165, 1.54) is 0 Å². The average molecular weight is 341 g/mol. The summed E-state index contributed by atoms with van der Waals surface area (Å²) in [6.45, 7) is 4.24. The van der Waals surface area contributed by atoms with E-state index < -0.39 is 5.97 Å². The minimum atomic E-state index is -0.463. The maximum Gasteiger partial charge on any atom is 0.338 e. The molecule has 5 heteroatoms. The number of nitrogens with zero attached hydrogens (tertiary/aromatic N) is 1. The third kappa shape index (κ3) is 3.62. The molecule has 4 nitrogen and oxygen atoms in total. The van der Waals surface area contributed by atoms with Crippen molar-refractivity contribution in [3.8, 4) is 0 Å². The lowest BCUT2D eigenvalue weighted by atomic mass is 10.1. The van der Waals surface area contributed by atoms with Crippen LogP contribution in [0.1, 0.15) is 21.5 Å². The van der Waals surface area contributed by atoms with Crippen LogP contribution in [0.4, 0.5) is 5.69 Å². The number of benzene rings is 2. The van der Waals surface area contributed by atoms with Gasteiger partial charge in [0.2, 0.25) is 0 Å². The zero-order valence-electron chi connectivity index (χ0n) is 13.7. The molecule has 0 fully saturated rings. The van der Waals surface area contributed by atoms with E-state index in [0.29, 0.717) is 12.1 Å². The van der Waals surface area contributed by atoms with Crippen molar-refractivity contribution in [2.24, 2.45) is 0 Å². The third-order valence-electron chi connectivity index (χ3n) is 3.81. The summed E-state index contributed by atoms with van der Waals surface area (Å²) in [6.07, 6.45) is 0. The van der Waals surface area contributed by atoms with Crippen LogP contribution in [0.15, 0.2) is 47.4 Å². The summed E-state index contributed by atoms with van der Waals surface area (Å²) < 4.78 is 5.23. The number of carbonyl (C=O) groups excluding carboxylic acids is 2. The molecule has 0 unspecified atom stereocenters. The van der Waals surface area contributed by atoms with Crippen molar-refractivity contribution in [2.45, 2.75) is 18.7 Å². The molecule has 0 aromatic heterocycles. The number of carbonyl (C=O) groups is 2. The minimum Gasteiger partial charge on any atom is -0.452 e. The number of ether oxygens (including phenoxy) is 1. The van der Waals surface area contributed by atoms with Gasteiger partial charge in [0.05, 0.1) is 11.3 Å². The molecule has 1 aliphatic rings. The Kier molecular flexibility index (Phi) is 4.90. The summed E-state index contributed by atoms with van der Waals surface area (Å²) in [4.78, 5) is 27.4. The summed E-state index contributed by atoms with van der Waals surface area (Å²) in [5.74, 6) is 0.184. The molecule has 2 aromatic carbocycles. The Labute approximate surface area is 145 Å². The van der Waals surface area contributed by atoms with Gasteiger partial charge in [-0.25, -0.2) is 4.79 Å². The second-order valence-corrected chi connectivity index (χ2v) is 6.95. The Morgan fingerprint density at radius 2 is 1.83 bits per heavy atom. The topological polar surface area (TPSA) is 46.6 Å². The van der Waals surface area contributed by atoms with Crippen molar-refractivity contribution >= 4 is 29.3 Å². The molecular formula is C19H19NO3S. The van der Waals surface area contributed by atoms with Crippen LogP contribution < -0.4 is 4.90 Å². The SMILES string of the molecule is Cc1cc(C)cc(C(=O)OCC(=O)N2CCSc3ccccc32)c1. The van der Waals surface area contributed by atoms with Crippen LogP contribution in [0.5, 0.6) is 0 Å². The van der Waals surface area contributed by atoms with E-state index in [-0.39, 0.29) is 12.5 Å². The number of para-hydroxylation sites is 1. The van der Waals surface area contributed by atoms with E-state index in [1.807, 2.05) is 44.2 Å². The van der Waals surface area contributed by atoms with Gasteiger partial charge in [-0.1, -0.05) is 29.3 Å². The molecular weight excluding hydrogens is 322 g/mol. The Morgan fingerprint density at radius 3 is 2.58 bits per heavy atom. The molecule has 1 amide bonds. The van der Waals surface area contributed by atoms with Crippen molar-refractivity contribution in [3.63, 3.8) is 0 Å². The number of fused-ring (bicyclic) bond motifs is 1. The highest BCUT2D eigenvalue weighted by Gasteiger charge is 2.23. The van der Waals surface area contributed by atoms with Gasteiger partial charge in [-0.3, -0.25) is 4.79 Å². The maximum atomic E-state index is 12.5. The lowest BCUT2D eigenvalue weighted by molar-refractivity contribution is -0.121. The highest BCUT2D eigenvalue weighted by Crippen LogP contribution is 2.34. The van der Waals surface area contributed by atoms with E-state index in [0.717, 1.165) is 27.5 Å². The Morgan fingerprint density at radius 1 is 1.12 bits per heavy atom. The minimum absolute atomic E-state index is 0.194. The van der Waals surface area contributed by atoms with Gasteiger partial charge in [0.1, 0.15) is 0 Å². The van der Waals surface area contributed by atoms with Crippen molar-refractivity contribution in [1.29, 1.82) is 0 Å². The van der Waals surface area contributed by atoms with Crippen molar-refractivity contribution in [1.82, 2.24) is 0 Å². The van der Waals surface area contributed by atoms with Crippen LogP contribution in [0.25, 0.3) is 0 Å². The van der Waals surface area contributed by atoms with Crippen molar-refractivity contribution in [2.75, 3.05) is 23.8 Å². The molecule has 124 valence electrons. The van der Waals surface area contributed by atoms with Gasteiger partial charge in [-0.15, -0.1) is 11.8 Å². The zero-order chi connectivity index (χ0) is 17.1. The first-order chi connectivity index (χ1) is 11.5. The van der Waals surface area contributed by atoms with E-state index >= 15 is 0 Å². The van der Waals surface area contributed by atoms with Crippen molar-refractivity contribution < 1.29 is 14.3 Å². The molecule has 0 saturated heterocycles. The van der Waals surface area contributed by atoms with Crippen LogP contribution in [0, 0.1) is 13.8 Å². The molecule has 0 N–H and O–H groups in total. The summed E-state index contributed by atoms with van der Waals surface area (Å²) >= 11 is 1.73. The summed E-state index contributed by atoms with van der Waals surface area (Å²) in [7, 11) is 0. The predicted molar refractivity (Wildman–Crippen MR) is 95.7 cm³/mol. The Bertz CT molecular complexity index is 768. The highest BCUT2D eigenvalue weighted by molar-refractivity contribution is 7.99. The molecule has 3 rings (SSSR count). The first-order valence-electron chi connectivity index (χ1n) is 7.82. The molecule has 0 spiro atoms. The average Bonchev–Trinajstić information content (AvgIpc) is 2.58. The lowest BCUT2D eigenvalue weighted by Crippen LogP contribution is -2.38. The molecule has 0 atom stereocenters. The van der Waals surface area contributed by atoms with E-state index in [9.17, 15) is 9.59 Å². The molecule has 24 heavy (non-hydrogen) atoms. The van der Waals surface area contributed by atoms with Crippen LogP contribution in [0.2, 0.25) is 0 Å². The molecule has 2 aromatic rings. The standard InChI is InChI=1S/C19H19NO3S/c1-13-9-14(2)11-15(10-13)19(22)23-12-18(21)20-7-8-24-17-6-4-3-5-16(17)20/h3-6,9-11H,7-8,12H2,1-2H3. The number of amides is 1. The molecule has 0 aliphatic carbocycles. The van der Waals surface area contributed by atoms with Crippen LogP contribution in [-0.2, 0) is 9.53 Å². The highest BCUT2D eigenvalue weighted by atomic mass is 32.2. The second-order valence-electron chi connectivity index (χ2n) is 5.81. The first-order valence-corrected chi connectivity index (χ1v) is 8.81. The molecule has 1 heterocycles. The largest absolute Gasteiger partial charge is 0.452 e. The number of hydrogen-bond donors (Lipinski definition) is 0. The van der Waals surface area contributed by atoms with E-state index in [2.05, 4.69) is 0 Å². The Balaban J connectivity index is 1.67. The normalized spacial score (nSPS) is 13.3. The van der Waals surface area contributed by atoms with Gasteiger partial charge < -0.3 is 9.64 Å². The first kappa shape index (κ1) is 16.6. The van der Waals surface area contributed by atoms with Gasteiger partial charge >= 0.3 is 5.97 Å². The number of rotatable bonds is 3. The predicted octanol–water partition coefficient (Wildman–Crippen LogP) is 3.60. The van der Waals surface area contributed by atoms with Crippen LogP contribution in [0.3, 0.4) is 0 Å². The van der Waals surface area contributed by atoms with Crippen LogP contribution >= 0.6 is 11.8 Å².